The largest absolute Gasteiger partial charge is 0.462 e. The Balaban J connectivity index is 3.19. The Morgan fingerprint density at radius 1 is 1.30 bits per heavy atom. The van der Waals surface area contributed by atoms with Crippen molar-refractivity contribution in [3.05, 3.63) is 35.4 Å². The van der Waals surface area contributed by atoms with Gasteiger partial charge >= 0.3 is 5.97 Å². The zero-order chi connectivity index (χ0) is 15.0. The SMILES string of the molecule is CCOC(=O)/C(C#N)=C/c1ccccc1N(CC)CC. The topological polar surface area (TPSA) is 53.3 Å². The molecule has 1 aromatic carbocycles. The number of esters is 1. The lowest BCUT2D eigenvalue weighted by molar-refractivity contribution is -0.137. The van der Waals surface area contributed by atoms with Gasteiger partial charge in [-0.05, 0) is 38.5 Å². The van der Waals surface area contributed by atoms with Gasteiger partial charge in [0.15, 0.2) is 0 Å². The van der Waals surface area contributed by atoms with Crippen molar-refractivity contribution in [2.24, 2.45) is 0 Å². The number of rotatable bonds is 6. The van der Waals surface area contributed by atoms with Crippen molar-refractivity contribution < 1.29 is 9.53 Å². The van der Waals surface area contributed by atoms with E-state index in [2.05, 4.69) is 18.7 Å². The number of ether oxygens (including phenoxy) is 1. The predicted octanol–water partition coefficient (Wildman–Crippen LogP) is 3.00. The highest BCUT2D eigenvalue weighted by molar-refractivity contribution is 5.98. The number of para-hydroxylation sites is 1. The summed E-state index contributed by atoms with van der Waals surface area (Å²) in [5, 5.41) is 9.10. The van der Waals surface area contributed by atoms with Crippen LogP contribution in [0.1, 0.15) is 26.3 Å². The number of nitriles is 1. The van der Waals surface area contributed by atoms with Gasteiger partial charge in [0, 0.05) is 18.8 Å². The zero-order valence-electron chi connectivity index (χ0n) is 12.2. The molecule has 0 atom stereocenters. The van der Waals surface area contributed by atoms with Crippen molar-refractivity contribution in [2.75, 3.05) is 24.6 Å². The lowest BCUT2D eigenvalue weighted by Gasteiger charge is -2.23. The predicted molar refractivity (Wildman–Crippen MR) is 80.2 cm³/mol. The highest BCUT2D eigenvalue weighted by Crippen LogP contribution is 2.23. The average molecular weight is 272 g/mol. The second-order valence-electron chi connectivity index (χ2n) is 4.12. The lowest BCUT2D eigenvalue weighted by Crippen LogP contribution is -2.22. The third-order valence-electron chi connectivity index (χ3n) is 2.96. The van der Waals surface area contributed by atoms with Crippen molar-refractivity contribution in [3.63, 3.8) is 0 Å². The fourth-order valence-electron chi connectivity index (χ4n) is 1.96. The quantitative estimate of drug-likeness (QED) is 0.454. The molecule has 0 aliphatic heterocycles. The smallest absolute Gasteiger partial charge is 0.348 e. The Bertz CT molecular complexity index is 526. The molecule has 20 heavy (non-hydrogen) atoms. The minimum atomic E-state index is -0.579. The molecule has 4 heteroatoms. The van der Waals surface area contributed by atoms with Crippen LogP contribution >= 0.6 is 0 Å². The number of hydrogen-bond acceptors (Lipinski definition) is 4. The van der Waals surface area contributed by atoms with Gasteiger partial charge in [-0.2, -0.15) is 5.26 Å². The van der Waals surface area contributed by atoms with Gasteiger partial charge in [-0.15, -0.1) is 0 Å². The summed E-state index contributed by atoms with van der Waals surface area (Å²) in [6.45, 7) is 7.85. The van der Waals surface area contributed by atoms with E-state index >= 15 is 0 Å². The Morgan fingerprint density at radius 2 is 1.95 bits per heavy atom. The monoisotopic (exact) mass is 272 g/mol. The van der Waals surface area contributed by atoms with E-state index in [1.807, 2.05) is 30.3 Å². The Morgan fingerprint density at radius 3 is 2.50 bits per heavy atom. The number of hydrogen-bond donors (Lipinski definition) is 0. The first-order valence-corrected chi connectivity index (χ1v) is 6.80. The molecule has 0 fully saturated rings. The van der Waals surface area contributed by atoms with Crippen LogP contribution in [0.2, 0.25) is 0 Å². The van der Waals surface area contributed by atoms with Gasteiger partial charge in [0.05, 0.1) is 6.61 Å². The molecule has 0 N–H and O–H groups in total. The fourth-order valence-corrected chi connectivity index (χ4v) is 1.96. The van der Waals surface area contributed by atoms with Gasteiger partial charge in [0.1, 0.15) is 11.6 Å². The maximum Gasteiger partial charge on any atom is 0.348 e. The van der Waals surface area contributed by atoms with E-state index in [1.54, 1.807) is 13.0 Å². The minimum Gasteiger partial charge on any atom is -0.462 e. The first-order chi connectivity index (χ1) is 9.67. The Kier molecular flexibility index (Phi) is 6.31. The number of carbonyl (C=O) groups is 1. The van der Waals surface area contributed by atoms with Crippen LogP contribution in [-0.4, -0.2) is 25.7 Å². The molecule has 0 amide bonds. The zero-order valence-corrected chi connectivity index (χ0v) is 12.2. The molecule has 0 aliphatic carbocycles. The van der Waals surface area contributed by atoms with Gasteiger partial charge in [0.25, 0.3) is 0 Å². The van der Waals surface area contributed by atoms with Crippen LogP contribution in [-0.2, 0) is 9.53 Å². The van der Waals surface area contributed by atoms with Crippen LogP contribution in [0.4, 0.5) is 5.69 Å². The van der Waals surface area contributed by atoms with E-state index in [0.29, 0.717) is 0 Å². The number of anilines is 1. The standard InChI is InChI=1S/C16H20N2O2/c1-4-18(5-2)15-10-8-7-9-13(15)11-14(12-17)16(19)20-6-3/h7-11H,4-6H2,1-3H3/b14-11+. The third-order valence-corrected chi connectivity index (χ3v) is 2.96. The maximum atomic E-state index is 11.7. The van der Waals surface area contributed by atoms with Crippen molar-refractivity contribution in [1.29, 1.82) is 5.26 Å². The molecular weight excluding hydrogens is 252 g/mol. The van der Waals surface area contributed by atoms with Gasteiger partial charge in [-0.25, -0.2) is 4.79 Å². The van der Waals surface area contributed by atoms with Crippen molar-refractivity contribution in [3.8, 4) is 6.07 Å². The first-order valence-electron chi connectivity index (χ1n) is 6.80. The van der Waals surface area contributed by atoms with Crippen molar-refractivity contribution in [2.45, 2.75) is 20.8 Å². The number of benzene rings is 1. The van der Waals surface area contributed by atoms with Gasteiger partial charge in [-0.1, -0.05) is 18.2 Å². The highest BCUT2D eigenvalue weighted by Gasteiger charge is 2.12. The normalized spacial score (nSPS) is 10.8. The van der Waals surface area contributed by atoms with Crippen LogP contribution in [0.5, 0.6) is 0 Å². The molecule has 1 rings (SSSR count). The molecule has 0 bridgehead atoms. The molecule has 0 saturated heterocycles. The number of carbonyl (C=O) groups excluding carboxylic acids is 1. The van der Waals surface area contributed by atoms with E-state index in [1.165, 1.54) is 0 Å². The van der Waals surface area contributed by atoms with Crippen molar-refractivity contribution in [1.82, 2.24) is 0 Å². The van der Waals surface area contributed by atoms with E-state index in [9.17, 15) is 4.79 Å². The maximum absolute atomic E-state index is 11.7. The van der Waals surface area contributed by atoms with Gasteiger partial charge in [-0.3, -0.25) is 0 Å². The summed E-state index contributed by atoms with van der Waals surface area (Å²) < 4.78 is 4.88. The van der Waals surface area contributed by atoms with E-state index < -0.39 is 5.97 Å². The molecule has 0 radical (unpaired) electrons. The molecule has 0 aromatic heterocycles. The van der Waals surface area contributed by atoms with E-state index in [4.69, 9.17) is 10.00 Å². The molecule has 0 aliphatic rings. The molecule has 4 nitrogen and oxygen atoms in total. The molecule has 106 valence electrons. The summed E-state index contributed by atoms with van der Waals surface area (Å²) >= 11 is 0. The summed E-state index contributed by atoms with van der Waals surface area (Å²) in [6, 6.07) is 9.62. The summed E-state index contributed by atoms with van der Waals surface area (Å²) in [6.07, 6.45) is 1.59. The summed E-state index contributed by atoms with van der Waals surface area (Å²) in [4.78, 5) is 13.8. The van der Waals surface area contributed by atoms with Crippen LogP contribution < -0.4 is 4.90 Å². The Hall–Kier alpha value is -2.28. The number of nitrogens with zero attached hydrogens (tertiary/aromatic N) is 2. The van der Waals surface area contributed by atoms with E-state index in [0.717, 1.165) is 24.3 Å². The van der Waals surface area contributed by atoms with Gasteiger partial charge < -0.3 is 9.64 Å². The first kappa shape index (κ1) is 15.8. The summed E-state index contributed by atoms with van der Waals surface area (Å²) in [5.74, 6) is -0.579. The van der Waals surface area contributed by atoms with Gasteiger partial charge in [0.2, 0.25) is 0 Å². The van der Waals surface area contributed by atoms with Crippen LogP contribution in [0, 0.1) is 11.3 Å². The lowest BCUT2D eigenvalue weighted by atomic mass is 10.1. The summed E-state index contributed by atoms with van der Waals surface area (Å²) in [7, 11) is 0. The summed E-state index contributed by atoms with van der Waals surface area (Å²) in [5.41, 5.74) is 1.88. The average Bonchev–Trinajstić information content (AvgIpc) is 2.47. The Labute approximate surface area is 120 Å². The van der Waals surface area contributed by atoms with E-state index in [-0.39, 0.29) is 12.2 Å². The van der Waals surface area contributed by atoms with Crippen LogP contribution in [0.25, 0.3) is 6.08 Å². The van der Waals surface area contributed by atoms with Crippen LogP contribution in [0.3, 0.4) is 0 Å². The molecule has 0 saturated carbocycles. The molecular formula is C16H20N2O2. The fraction of sp³-hybridized carbons (Fsp3) is 0.375. The molecule has 0 spiro atoms. The third kappa shape index (κ3) is 3.86. The molecule has 1 aromatic rings. The second kappa shape index (κ2) is 8.00. The van der Waals surface area contributed by atoms with Crippen LogP contribution in [0.15, 0.2) is 29.8 Å². The minimum absolute atomic E-state index is 0.0199. The second-order valence-corrected chi connectivity index (χ2v) is 4.12. The molecule has 0 unspecified atom stereocenters. The highest BCUT2D eigenvalue weighted by atomic mass is 16.5. The molecule has 0 heterocycles. The van der Waals surface area contributed by atoms with Crippen molar-refractivity contribution >= 4 is 17.7 Å².